The minimum Gasteiger partial charge on any atom is -0.342 e. The molecule has 1 saturated carbocycles. The van der Waals surface area contributed by atoms with Gasteiger partial charge in [-0.1, -0.05) is 66.0 Å². The Hall–Kier alpha value is -3.23. The molecule has 2 aliphatic heterocycles. The molecule has 3 aliphatic rings. The molecular weight excluding hydrogens is 520 g/mol. The van der Waals surface area contributed by atoms with Gasteiger partial charge < -0.3 is 20.4 Å². The number of fused-ring (bicyclic) bond motifs is 1. The zero-order valence-corrected chi connectivity index (χ0v) is 25.4. The maximum atomic E-state index is 13.9. The molecule has 0 bridgehead atoms. The van der Waals surface area contributed by atoms with Gasteiger partial charge in [-0.05, 0) is 54.7 Å². The standard InChI is InChI=1S/C32H46N4O5/c1-20(2)18-24(33-28(39)22-10-12-23(13-11-22)31(4,5)6)29(40)35-17-14-25-27(35)26(38)19-36(25)30(41)32(34-21(3)37)15-8-7-9-16-32/h10-13,20,24-25,27H,7-9,14-19H2,1-6H3,(H,33,39)(H,34,37). The molecule has 0 radical (unpaired) electrons. The summed E-state index contributed by atoms with van der Waals surface area (Å²) < 4.78 is 0. The molecule has 9 nitrogen and oxygen atoms in total. The minimum atomic E-state index is -0.993. The van der Waals surface area contributed by atoms with Crippen LogP contribution in [0, 0.1) is 5.92 Å². The van der Waals surface area contributed by atoms with Gasteiger partial charge in [-0.15, -0.1) is 0 Å². The summed E-state index contributed by atoms with van der Waals surface area (Å²) in [7, 11) is 0. The Morgan fingerprint density at radius 1 is 1.00 bits per heavy atom. The molecule has 1 aromatic carbocycles. The highest BCUT2D eigenvalue weighted by molar-refractivity contribution is 6.02. The van der Waals surface area contributed by atoms with Crippen LogP contribution in [0.1, 0.15) is 102 Å². The zero-order valence-electron chi connectivity index (χ0n) is 25.4. The first kappa shape index (κ1) is 30.7. The summed E-state index contributed by atoms with van der Waals surface area (Å²) in [5.74, 6) is -1.13. The van der Waals surface area contributed by atoms with Crippen molar-refractivity contribution in [1.29, 1.82) is 0 Å². The number of nitrogens with zero attached hydrogens (tertiary/aromatic N) is 2. The molecule has 3 fully saturated rings. The van der Waals surface area contributed by atoms with E-state index >= 15 is 0 Å². The second-order valence-corrected chi connectivity index (χ2v) is 13.5. The van der Waals surface area contributed by atoms with Crippen molar-refractivity contribution < 1.29 is 24.0 Å². The van der Waals surface area contributed by atoms with Gasteiger partial charge in [-0.2, -0.15) is 0 Å². The fourth-order valence-electron chi connectivity index (χ4n) is 6.75. The molecule has 3 unspecified atom stereocenters. The first-order valence-corrected chi connectivity index (χ1v) is 15.1. The normalized spacial score (nSPS) is 22.9. The van der Waals surface area contributed by atoms with E-state index in [4.69, 9.17) is 0 Å². The van der Waals surface area contributed by atoms with Crippen LogP contribution in [0.15, 0.2) is 24.3 Å². The molecule has 2 N–H and O–H groups in total. The van der Waals surface area contributed by atoms with Crippen molar-refractivity contribution in [2.75, 3.05) is 13.1 Å². The van der Waals surface area contributed by atoms with Gasteiger partial charge in [0.2, 0.25) is 17.7 Å². The molecule has 2 heterocycles. The van der Waals surface area contributed by atoms with E-state index in [1.807, 2.05) is 26.0 Å². The fourth-order valence-corrected chi connectivity index (χ4v) is 6.75. The second-order valence-electron chi connectivity index (χ2n) is 13.5. The summed E-state index contributed by atoms with van der Waals surface area (Å²) in [4.78, 5) is 69.6. The third kappa shape index (κ3) is 6.49. The average Bonchev–Trinajstić information content (AvgIpc) is 3.48. The van der Waals surface area contributed by atoms with Crippen molar-refractivity contribution in [3.05, 3.63) is 35.4 Å². The lowest BCUT2D eigenvalue weighted by atomic mass is 9.80. The smallest absolute Gasteiger partial charge is 0.251 e. The first-order valence-electron chi connectivity index (χ1n) is 15.1. The quantitative estimate of drug-likeness (QED) is 0.525. The Labute approximate surface area is 243 Å². The van der Waals surface area contributed by atoms with E-state index in [1.165, 1.54) is 6.92 Å². The Kier molecular flexibility index (Phi) is 8.95. The summed E-state index contributed by atoms with van der Waals surface area (Å²) in [6.45, 7) is 12.0. The van der Waals surface area contributed by atoms with E-state index in [0.717, 1.165) is 24.8 Å². The lowest BCUT2D eigenvalue weighted by Gasteiger charge is -2.40. The fraction of sp³-hybridized carbons (Fsp3) is 0.656. The third-order valence-corrected chi connectivity index (χ3v) is 8.82. The van der Waals surface area contributed by atoms with Gasteiger partial charge in [0.25, 0.3) is 5.91 Å². The highest BCUT2D eigenvalue weighted by atomic mass is 16.2. The molecule has 9 heteroatoms. The Morgan fingerprint density at radius 3 is 2.20 bits per heavy atom. The molecule has 0 spiro atoms. The molecule has 0 aromatic heterocycles. The van der Waals surface area contributed by atoms with Gasteiger partial charge in [0.1, 0.15) is 17.6 Å². The maximum Gasteiger partial charge on any atom is 0.251 e. The van der Waals surface area contributed by atoms with Crippen LogP contribution in [0.25, 0.3) is 0 Å². The number of benzene rings is 1. The lowest BCUT2D eigenvalue weighted by molar-refractivity contribution is -0.144. The van der Waals surface area contributed by atoms with Crippen LogP contribution in [0.3, 0.4) is 0 Å². The second kappa shape index (κ2) is 11.9. The molecule has 1 aliphatic carbocycles. The molecular formula is C32H46N4O5. The monoisotopic (exact) mass is 566 g/mol. The average molecular weight is 567 g/mol. The van der Waals surface area contributed by atoms with E-state index in [-0.39, 0.29) is 47.3 Å². The zero-order chi connectivity index (χ0) is 30.1. The Balaban J connectivity index is 1.51. The highest BCUT2D eigenvalue weighted by Gasteiger charge is 2.55. The van der Waals surface area contributed by atoms with Gasteiger partial charge in [0.05, 0.1) is 12.6 Å². The van der Waals surface area contributed by atoms with Gasteiger partial charge in [-0.3, -0.25) is 24.0 Å². The Morgan fingerprint density at radius 2 is 1.63 bits per heavy atom. The van der Waals surface area contributed by atoms with Crippen LogP contribution >= 0.6 is 0 Å². The predicted molar refractivity (Wildman–Crippen MR) is 156 cm³/mol. The van der Waals surface area contributed by atoms with Crippen molar-refractivity contribution in [3.8, 4) is 0 Å². The minimum absolute atomic E-state index is 0.0424. The topological polar surface area (TPSA) is 116 Å². The van der Waals surface area contributed by atoms with E-state index in [2.05, 4.69) is 31.4 Å². The number of hydrogen-bond donors (Lipinski definition) is 2. The van der Waals surface area contributed by atoms with Crippen LogP contribution in [0.5, 0.6) is 0 Å². The Bertz CT molecular complexity index is 1180. The van der Waals surface area contributed by atoms with Crippen molar-refractivity contribution in [3.63, 3.8) is 0 Å². The van der Waals surface area contributed by atoms with Crippen molar-refractivity contribution >= 4 is 29.4 Å². The van der Waals surface area contributed by atoms with Crippen molar-refractivity contribution in [2.45, 2.75) is 116 Å². The molecule has 41 heavy (non-hydrogen) atoms. The molecule has 4 rings (SSSR count). The predicted octanol–water partition coefficient (Wildman–Crippen LogP) is 3.35. The maximum absolute atomic E-state index is 13.9. The number of Topliss-reactive ketones (excluding diaryl/α,β-unsaturated/α-hetero) is 1. The molecule has 1 aromatic rings. The summed E-state index contributed by atoms with van der Waals surface area (Å²) >= 11 is 0. The van der Waals surface area contributed by atoms with E-state index in [0.29, 0.717) is 37.8 Å². The number of likely N-dealkylation sites (tertiary alicyclic amines) is 2. The number of carbonyl (C=O) groups is 5. The van der Waals surface area contributed by atoms with E-state index < -0.39 is 23.7 Å². The molecule has 224 valence electrons. The summed E-state index contributed by atoms with van der Waals surface area (Å²) in [5.41, 5.74) is 0.551. The number of nitrogens with one attached hydrogen (secondary N) is 2. The molecule has 3 atom stereocenters. The van der Waals surface area contributed by atoms with Crippen LogP contribution in [0.4, 0.5) is 0 Å². The first-order chi connectivity index (χ1) is 19.2. The number of amides is 4. The van der Waals surface area contributed by atoms with Crippen LogP contribution in [-0.4, -0.2) is 76.0 Å². The summed E-state index contributed by atoms with van der Waals surface area (Å²) in [6, 6.07) is 5.47. The number of ketones is 1. The van der Waals surface area contributed by atoms with Crippen molar-refractivity contribution in [2.24, 2.45) is 5.92 Å². The third-order valence-electron chi connectivity index (χ3n) is 8.82. The largest absolute Gasteiger partial charge is 0.342 e. The van der Waals surface area contributed by atoms with Crippen LogP contribution in [0.2, 0.25) is 0 Å². The highest BCUT2D eigenvalue weighted by Crippen LogP contribution is 2.36. The molecule has 2 saturated heterocycles. The van der Waals surface area contributed by atoms with Crippen molar-refractivity contribution in [1.82, 2.24) is 20.4 Å². The van der Waals surface area contributed by atoms with E-state index in [1.54, 1.807) is 21.9 Å². The lowest BCUT2D eigenvalue weighted by Crippen LogP contribution is -2.61. The number of hydrogen-bond acceptors (Lipinski definition) is 5. The summed E-state index contributed by atoms with van der Waals surface area (Å²) in [6.07, 6.45) is 4.70. The number of carbonyl (C=O) groups excluding carboxylic acids is 5. The van der Waals surface area contributed by atoms with E-state index in [9.17, 15) is 24.0 Å². The van der Waals surface area contributed by atoms with Gasteiger partial charge in [0, 0.05) is 19.0 Å². The van der Waals surface area contributed by atoms with Gasteiger partial charge >= 0.3 is 0 Å². The SMILES string of the molecule is CC(=O)NC1(C(=O)N2CC(=O)C3C2CCN3C(=O)C(CC(C)C)NC(=O)c2ccc(C(C)(C)C)cc2)CCCCC1. The van der Waals surface area contributed by atoms with Crippen LogP contribution in [-0.2, 0) is 24.6 Å². The molecule has 4 amide bonds. The van der Waals surface area contributed by atoms with Gasteiger partial charge in [-0.25, -0.2) is 0 Å². The summed E-state index contributed by atoms with van der Waals surface area (Å²) in [5, 5.41) is 5.86. The van der Waals surface area contributed by atoms with Gasteiger partial charge in [0.15, 0.2) is 5.78 Å². The van der Waals surface area contributed by atoms with Crippen LogP contribution < -0.4 is 10.6 Å². The number of rotatable bonds is 7.